The number of carbonyl (C=O) groups is 1. The molecule has 2 rings (SSSR count). The van der Waals surface area contributed by atoms with Crippen molar-refractivity contribution in [3.8, 4) is 24.2 Å². The maximum atomic E-state index is 12.5. The summed E-state index contributed by atoms with van der Waals surface area (Å²) in [5, 5.41) is 9.38. The predicted octanol–water partition coefficient (Wildman–Crippen LogP) is 4.40. The lowest BCUT2D eigenvalue weighted by molar-refractivity contribution is -0.149. The Morgan fingerprint density at radius 3 is 2.80 bits per heavy atom. The molecule has 0 N–H and O–H groups in total. The third-order valence-corrected chi connectivity index (χ3v) is 4.56. The summed E-state index contributed by atoms with van der Waals surface area (Å²) in [5.41, 5.74) is 0.204. The molecule has 3 atom stereocenters. The standard InChI is InChI=1S/C19H17Cl2NO3/c1-4-8-24-13-7-5-6-12(9-13)15(11-22)25-18(23)17-14(10-16(20)21)19(17,2)3/h1,5-7,9-10,14-15,17H,8H2,2-3H3. The van der Waals surface area contributed by atoms with Gasteiger partial charge in [-0.15, -0.1) is 6.42 Å². The van der Waals surface area contributed by atoms with E-state index < -0.39 is 18.0 Å². The van der Waals surface area contributed by atoms with E-state index in [9.17, 15) is 10.1 Å². The highest BCUT2D eigenvalue weighted by molar-refractivity contribution is 6.55. The molecule has 3 unspecified atom stereocenters. The molecular formula is C19H17Cl2NO3. The topological polar surface area (TPSA) is 59.3 Å². The smallest absolute Gasteiger partial charge is 0.311 e. The first-order chi connectivity index (χ1) is 11.8. The lowest BCUT2D eigenvalue weighted by Crippen LogP contribution is -2.14. The summed E-state index contributed by atoms with van der Waals surface area (Å²) in [6, 6.07) is 8.73. The summed E-state index contributed by atoms with van der Waals surface area (Å²) in [4.78, 5) is 12.5. The van der Waals surface area contributed by atoms with Crippen LogP contribution in [0.5, 0.6) is 5.75 Å². The van der Waals surface area contributed by atoms with E-state index in [0.717, 1.165) is 0 Å². The quantitative estimate of drug-likeness (QED) is 0.544. The Hall–Kier alpha value is -2.14. The van der Waals surface area contributed by atoms with Crippen LogP contribution in [0.1, 0.15) is 25.5 Å². The number of esters is 1. The number of halogens is 2. The molecule has 0 bridgehead atoms. The number of ether oxygens (including phenoxy) is 2. The molecule has 0 saturated heterocycles. The fourth-order valence-corrected chi connectivity index (χ4v) is 3.10. The highest BCUT2D eigenvalue weighted by Crippen LogP contribution is 2.60. The van der Waals surface area contributed by atoms with Gasteiger partial charge in [0.1, 0.15) is 22.9 Å². The van der Waals surface area contributed by atoms with Crippen molar-refractivity contribution in [2.24, 2.45) is 17.3 Å². The highest BCUT2D eigenvalue weighted by atomic mass is 35.5. The van der Waals surface area contributed by atoms with E-state index in [1.807, 2.05) is 19.9 Å². The van der Waals surface area contributed by atoms with Gasteiger partial charge in [-0.25, -0.2) is 0 Å². The van der Waals surface area contributed by atoms with E-state index in [2.05, 4.69) is 5.92 Å². The first-order valence-electron chi connectivity index (χ1n) is 7.60. The minimum absolute atomic E-state index is 0.114. The molecule has 0 spiro atoms. The SMILES string of the molecule is C#CCOc1cccc(C(C#N)OC(=O)C2C(C=C(Cl)Cl)C2(C)C)c1. The van der Waals surface area contributed by atoms with E-state index in [0.29, 0.717) is 11.3 Å². The number of hydrogen-bond acceptors (Lipinski definition) is 4. The average molecular weight is 378 g/mol. The monoisotopic (exact) mass is 377 g/mol. The Kier molecular flexibility index (Phi) is 6.01. The van der Waals surface area contributed by atoms with Gasteiger partial charge in [0.15, 0.2) is 0 Å². The van der Waals surface area contributed by atoms with Gasteiger partial charge in [-0.05, 0) is 29.5 Å². The van der Waals surface area contributed by atoms with Crippen molar-refractivity contribution >= 4 is 29.2 Å². The van der Waals surface area contributed by atoms with Crippen molar-refractivity contribution in [1.29, 1.82) is 5.26 Å². The number of hydrogen-bond donors (Lipinski definition) is 0. The summed E-state index contributed by atoms with van der Waals surface area (Å²) in [5.74, 6) is 1.91. The fraction of sp³-hybridized carbons (Fsp3) is 0.368. The maximum Gasteiger partial charge on any atom is 0.311 e. The molecule has 4 nitrogen and oxygen atoms in total. The molecule has 0 aliphatic heterocycles. The van der Waals surface area contributed by atoms with Crippen LogP contribution >= 0.6 is 23.2 Å². The second-order valence-corrected chi connectivity index (χ2v) is 7.30. The zero-order chi connectivity index (χ0) is 18.6. The van der Waals surface area contributed by atoms with Crippen LogP contribution in [0.25, 0.3) is 0 Å². The normalized spacial score (nSPS) is 21.2. The molecule has 0 heterocycles. The molecule has 1 aliphatic carbocycles. The zero-order valence-electron chi connectivity index (χ0n) is 13.8. The van der Waals surface area contributed by atoms with E-state index in [1.54, 1.807) is 30.3 Å². The van der Waals surface area contributed by atoms with Crippen molar-refractivity contribution in [1.82, 2.24) is 0 Å². The zero-order valence-corrected chi connectivity index (χ0v) is 15.3. The largest absolute Gasteiger partial charge is 0.481 e. The minimum Gasteiger partial charge on any atom is -0.481 e. The van der Waals surface area contributed by atoms with Gasteiger partial charge in [0.2, 0.25) is 6.10 Å². The first kappa shape index (κ1) is 19.2. The van der Waals surface area contributed by atoms with Gasteiger partial charge < -0.3 is 9.47 Å². The van der Waals surface area contributed by atoms with Crippen LogP contribution in [0.4, 0.5) is 0 Å². The van der Waals surface area contributed by atoms with Gasteiger partial charge >= 0.3 is 5.97 Å². The molecule has 130 valence electrons. The lowest BCUT2D eigenvalue weighted by atomic mass is 10.1. The van der Waals surface area contributed by atoms with E-state index in [1.165, 1.54) is 0 Å². The van der Waals surface area contributed by atoms with Gasteiger partial charge in [0, 0.05) is 5.56 Å². The molecule has 1 aliphatic rings. The molecule has 0 aromatic heterocycles. The Bertz CT molecular complexity index is 770. The van der Waals surface area contributed by atoms with E-state index >= 15 is 0 Å². The molecule has 25 heavy (non-hydrogen) atoms. The molecule has 1 aromatic rings. The number of terminal acetylenes is 1. The Morgan fingerprint density at radius 2 is 2.20 bits per heavy atom. The number of rotatable bonds is 6. The summed E-state index contributed by atoms with van der Waals surface area (Å²) < 4.78 is 10.8. The van der Waals surface area contributed by atoms with Crippen LogP contribution in [0.15, 0.2) is 34.8 Å². The highest BCUT2D eigenvalue weighted by Gasteiger charge is 2.62. The third kappa shape index (κ3) is 4.48. The second kappa shape index (κ2) is 7.83. The number of allylic oxidation sites excluding steroid dienone is 1. The second-order valence-electron chi connectivity index (χ2n) is 6.29. The molecule has 6 heteroatoms. The molecule has 0 amide bonds. The molecule has 0 radical (unpaired) electrons. The van der Waals surface area contributed by atoms with Crippen LogP contribution < -0.4 is 4.74 Å². The van der Waals surface area contributed by atoms with Crippen LogP contribution in [-0.4, -0.2) is 12.6 Å². The number of nitrogens with zero attached hydrogens (tertiary/aromatic N) is 1. The summed E-state index contributed by atoms with van der Waals surface area (Å²) >= 11 is 11.4. The minimum atomic E-state index is -1.03. The Morgan fingerprint density at radius 1 is 1.48 bits per heavy atom. The van der Waals surface area contributed by atoms with Gasteiger partial charge in [-0.1, -0.05) is 55.1 Å². The summed E-state index contributed by atoms with van der Waals surface area (Å²) in [6.45, 7) is 3.96. The predicted molar refractivity (Wildman–Crippen MR) is 95.8 cm³/mol. The molecule has 1 aromatic carbocycles. The lowest BCUT2D eigenvalue weighted by Gasteiger charge is -2.13. The van der Waals surface area contributed by atoms with Crippen LogP contribution in [0, 0.1) is 40.9 Å². The number of benzene rings is 1. The van der Waals surface area contributed by atoms with Crippen molar-refractivity contribution in [2.75, 3.05) is 6.61 Å². The summed E-state index contributed by atoms with van der Waals surface area (Å²) in [7, 11) is 0. The van der Waals surface area contributed by atoms with Crippen LogP contribution in [0.3, 0.4) is 0 Å². The van der Waals surface area contributed by atoms with Gasteiger partial charge in [0.25, 0.3) is 0 Å². The van der Waals surface area contributed by atoms with E-state index in [-0.39, 0.29) is 22.4 Å². The fourth-order valence-electron chi connectivity index (χ4n) is 2.83. The van der Waals surface area contributed by atoms with Crippen molar-refractivity contribution in [3.63, 3.8) is 0 Å². The summed E-state index contributed by atoms with van der Waals surface area (Å²) in [6.07, 6.45) is 5.76. The van der Waals surface area contributed by atoms with Crippen LogP contribution in [0.2, 0.25) is 0 Å². The van der Waals surface area contributed by atoms with Gasteiger partial charge in [-0.3, -0.25) is 4.79 Å². The van der Waals surface area contributed by atoms with Crippen molar-refractivity contribution < 1.29 is 14.3 Å². The van der Waals surface area contributed by atoms with Crippen molar-refractivity contribution in [3.05, 3.63) is 40.4 Å². The molecular weight excluding hydrogens is 361 g/mol. The van der Waals surface area contributed by atoms with Gasteiger partial charge in [0.05, 0.1) is 5.92 Å². The van der Waals surface area contributed by atoms with E-state index in [4.69, 9.17) is 39.1 Å². The average Bonchev–Trinajstić information content (AvgIpc) is 3.10. The molecule has 1 saturated carbocycles. The Labute approximate surface area is 157 Å². The maximum absolute atomic E-state index is 12.5. The number of nitriles is 1. The van der Waals surface area contributed by atoms with Gasteiger partial charge in [-0.2, -0.15) is 5.26 Å². The third-order valence-electron chi connectivity index (χ3n) is 4.30. The number of carbonyl (C=O) groups excluding carboxylic acids is 1. The van der Waals surface area contributed by atoms with Crippen molar-refractivity contribution in [2.45, 2.75) is 20.0 Å². The first-order valence-corrected chi connectivity index (χ1v) is 8.36. The Balaban J connectivity index is 2.11. The molecule has 1 fully saturated rings. The van der Waals surface area contributed by atoms with Crippen LogP contribution in [-0.2, 0) is 9.53 Å².